The summed E-state index contributed by atoms with van der Waals surface area (Å²) in [5, 5.41) is 2.56. The van der Waals surface area contributed by atoms with Gasteiger partial charge < -0.3 is 0 Å². The maximum absolute atomic E-state index is 2.26. The molecule has 0 aliphatic rings. The number of benzene rings is 3. The highest BCUT2D eigenvalue weighted by atomic mass is 14.9. The fourth-order valence-corrected chi connectivity index (χ4v) is 2.95. The molecule has 3 aromatic carbocycles. The van der Waals surface area contributed by atoms with Gasteiger partial charge in [0, 0.05) is 17.2 Å². The van der Waals surface area contributed by atoms with Crippen LogP contribution in [0, 0.1) is 0 Å². The zero-order valence-electron chi connectivity index (χ0n) is 12.9. The predicted octanol–water partition coefficient (Wildman–Crippen LogP) is 4.84. The third kappa shape index (κ3) is 3.00. The standard InChI is InChI=1S/C22H18N/c1-2-7-18(8-3-1)16-23-14-6-11-22(17-23)21-13-12-19-9-4-5-10-20(19)15-21/h1-15,17H,16H2/q+1. The van der Waals surface area contributed by atoms with Gasteiger partial charge in [-0.3, -0.25) is 0 Å². The topological polar surface area (TPSA) is 3.88 Å². The van der Waals surface area contributed by atoms with Crippen LogP contribution in [0.25, 0.3) is 21.9 Å². The molecule has 1 nitrogen and oxygen atoms in total. The molecule has 0 aliphatic carbocycles. The minimum atomic E-state index is 0.891. The SMILES string of the molecule is c1ccc(C[n+]2cccc(-c3ccc4ccccc4c3)c2)cc1. The molecule has 0 N–H and O–H groups in total. The summed E-state index contributed by atoms with van der Waals surface area (Å²) < 4.78 is 2.24. The Morgan fingerprint density at radius 3 is 2.26 bits per heavy atom. The first-order chi connectivity index (χ1) is 11.4. The van der Waals surface area contributed by atoms with E-state index in [4.69, 9.17) is 0 Å². The molecule has 0 unspecified atom stereocenters. The first-order valence-electron chi connectivity index (χ1n) is 7.91. The van der Waals surface area contributed by atoms with E-state index in [0.717, 1.165) is 6.54 Å². The molecule has 0 amide bonds. The van der Waals surface area contributed by atoms with Crippen LogP contribution in [0.15, 0.2) is 97.3 Å². The molecule has 110 valence electrons. The molecule has 0 saturated heterocycles. The quantitative estimate of drug-likeness (QED) is 0.476. The van der Waals surface area contributed by atoms with Crippen LogP contribution in [0.4, 0.5) is 0 Å². The van der Waals surface area contributed by atoms with Crippen molar-refractivity contribution in [3.8, 4) is 11.1 Å². The van der Waals surface area contributed by atoms with Gasteiger partial charge in [0.05, 0.1) is 0 Å². The zero-order chi connectivity index (χ0) is 15.5. The number of pyridine rings is 1. The molecule has 0 saturated carbocycles. The predicted molar refractivity (Wildman–Crippen MR) is 95.1 cm³/mol. The van der Waals surface area contributed by atoms with Gasteiger partial charge in [0.15, 0.2) is 18.9 Å². The third-order valence-corrected chi connectivity index (χ3v) is 4.15. The van der Waals surface area contributed by atoms with Crippen LogP contribution in [-0.2, 0) is 6.54 Å². The molecule has 0 atom stereocenters. The summed E-state index contributed by atoms with van der Waals surface area (Å²) in [5.74, 6) is 0. The molecule has 0 fully saturated rings. The minimum Gasteiger partial charge on any atom is -0.200 e. The Kier molecular flexibility index (Phi) is 3.61. The van der Waals surface area contributed by atoms with E-state index in [1.54, 1.807) is 0 Å². The highest BCUT2D eigenvalue weighted by Gasteiger charge is 2.06. The van der Waals surface area contributed by atoms with Crippen molar-refractivity contribution < 1.29 is 4.57 Å². The van der Waals surface area contributed by atoms with Crippen LogP contribution in [0.2, 0.25) is 0 Å². The van der Waals surface area contributed by atoms with E-state index in [1.165, 1.54) is 27.5 Å². The summed E-state index contributed by atoms with van der Waals surface area (Å²) in [7, 11) is 0. The van der Waals surface area contributed by atoms with Gasteiger partial charge in [-0.25, -0.2) is 4.57 Å². The van der Waals surface area contributed by atoms with Crippen LogP contribution in [0.3, 0.4) is 0 Å². The Morgan fingerprint density at radius 1 is 0.609 bits per heavy atom. The molecule has 0 spiro atoms. The van der Waals surface area contributed by atoms with Crippen molar-refractivity contribution in [2.45, 2.75) is 6.54 Å². The Balaban J connectivity index is 1.69. The van der Waals surface area contributed by atoms with Crippen LogP contribution in [0.1, 0.15) is 5.56 Å². The average Bonchev–Trinajstić information content (AvgIpc) is 2.62. The van der Waals surface area contributed by atoms with E-state index in [1.807, 2.05) is 0 Å². The summed E-state index contributed by atoms with van der Waals surface area (Å²) in [5.41, 5.74) is 3.81. The van der Waals surface area contributed by atoms with E-state index >= 15 is 0 Å². The third-order valence-electron chi connectivity index (χ3n) is 4.15. The number of fused-ring (bicyclic) bond motifs is 1. The monoisotopic (exact) mass is 296 g/mol. The average molecular weight is 296 g/mol. The largest absolute Gasteiger partial charge is 0.200 e. The lowest BCUT2D eigenvalue weighted by Crippen LogP contribution is -2.33. The molecular weight excluding hydrogens is 278 g/mol. The van der Waals surface area contributed by atoms with Gasteiger partial charge in [-0.05, 0) is 28.5 Å². The Morgan fingerprint density at radius 2 is 1.39 bits per heavy atom. The number of hydrogen-bond donors (Lipinski definition) is 0. The smallest absolute Gasteiger partial charge is 0.176 e. The number of aromatic nitrogens is 1. The van der Waals surface area contributed by atoms with Crippen LogP contribution in [-0.4, -0.2) is 0 Å². The van der Waals surface area contributed by atoms with Gasteiger partial charge in [-0.15, -0.1) is 0 Å². The Bertz CT molecular complexity index is 942. The molecular formula is C22H18N+. The maximum Gasteiger partial charge on any atom is 0.176 e. The van der Waals surface area contributed by atoms with E-state index in [2.05, 4.69) is 102 Å². The Hall–Kier alpha value is -2.93. The second-order valence-electron chi connectivity index (χ2n) is 5.81. The first-order valence-corrected chi connectivity index (χ1v) is 7.91. The summed E-state index contributed by atoms with van der Waals surface area (Å²) in [6.45, 7) is 0.891. The summed E-state index contributed by atoms with van der Waals surface area (Å²) in [6, 6.07) is 30.0. The van der Waals surface area contributed by atoms with Crippen molar-refractivity contribution in [3.63, 3.8) is 0 Å². The second kappa shape index (κ2) is 6.05. The molecule has 4 aromatic rings. The van der Waals surface area contributed by atoms with Gasteiger partial charge in [0.1, 0.15) is 0 Å². The fraction of sp³-hybridized carbons (Fsp3) is 0.0455. The van der Waals surface area contributed by atoms with Crippen molar-refractivity contribution in [1.82, 2.24) is 0 Å². The molecule has 1 heterocycles. The lowest BCUT2D eigenvalue weighted by atomic mass is 10.0. The highest BCUT2D eigenvalue weighted by Crippen LogP contribution is 2.23. The lowest BCUT2D eigenvalue weighted by molar-refractivity contribution is -0.687. The van der Waals surface area contributed by atoms with Gasteiger partial charge >= 0.3 is 0 Å². The van der Waals surface area contributed by atoms with Gasteiger partial charge in [0.25, 0.3) is 0 Å². The fourth-order valence-electron chi connectivity index (χ4n) is 2.95. The second-order valence-corrected chi connectivity index (χ2v) is 5.81. The lowest BCUT2D eigenvalue weighted by Gasteiger charge is -2.04. The van der Waals surface area contributed by atoms with Crippen molar-refractivity contribution in [3.05, 3.63) is 103 Å². The van der Waals surface area contributed by atoms with Gasteiger partial charge in [0.2, 0.25) is 0 Å². The van der Waals surface area contributed by atoms with Crippen molar-refractivity contribution in [2.75, 3.05) is 0 Å². The molecule has 23 heavy (non-hydrogen) atoms. The number of nitrogens with zero attached hydrogens (tertiary/aromatic N) is 1. The molecule has 1 aromatic heterocycles. The van der Waals surface area contributed by atoms with E-state index in [0.29, 0.717) is 0 Å². The van der Waals surface area contributed by atoms with Crippen molar-refractivity contribution >= 4 is 10.8 Å². The molecule has 0 radical (unpaired) electrons. The van der Waals surface area contributed by atoms with Gasteiger partial charge in [-0.1, -0.05) is 66.7 Å². The molecule has 0 bridgehead atoms. The highest BCUT2D eigenvalue weighted by molar-refractivity contribution is 5.87. The van der Waals surface area contributed by atoms with E-state index in [9.17, 15) is 0 Å². The van der Waals surface area contributed by atoms with Crippen molar-refractivity contribution in [2.24, 2.45) is 0 Å². The first kappa shape index (κ1) is 13.7. The zero-order valence-corrected chi connectivity index (χ0v) is 12.9. The van der Waals surface area contributed by atoms with E-state index < -0.39 is 0 Å². The molecule has 0 aliphatic heterocycles. The molecule has 1 heteroatoms. The van der Waals surface area contributed by atoms with Crippen molar-refractivity contribution in [1.29, 1.82) is 0 Å². The number of rotatable bonds is 3. The normalized spacial score (nSPS) is 10.8. The van der Waals surface area contributed by atoms with Crippen LogP contribution >= 0.6 is 0 Å². The molecule has 4 rings (SSSR count). The summed E-state index contributed by atoms with van der Waals surface area (Å²) in [4.78, 5) is 0. The van der Waals surface area contributed by atoms with Crippen LogP contribution in [0.5, 0.6) is 0 Å². The summed E-state index contributed by atoms with van der Waals surface area (Å²) in [6.07, 6.45) is 4.34. The minimum absolute atomic E-state index is 0.891. The summed E-state index contributed by atoms with van der Waals surface area (Å²) >= 11 is 0. The van der Waals surface area contributed by atoms with Gasteiger partial charge in [-0.2, -0.15) is 0 Å². The van der Waals surface area contributed by atoms with E-state index in [-0.39, 0.29) is 0 Å². The Labute approximate surface area is 136 Å². The number of hydrogen-bond acceptors (Lipinski definition) is 0. The van der Waals surface area contributed by atoms with Crippen LogP contribution < -0.4 is 4.57 Å². The maximum atomic E-state index is 2.26.